The summed E-state index contributed by atoms with van der Waals surface area (Å²) in [5.74, 6) is 1.09. The van der Waals surface area contributed by atoms with E-state index in [9.17, 15) is 0 Å². The molecule has 1 aromatic rings. The standard InChI is InChI=1S/C15H22N2O/c1-11-4-5-12-13(17(2)3)9-15(6-7-16-10-15)18-14(12)8-11/h4-5,8,13,16H,6-7,9-10H2,1-3H3. The average Bonchev–Trinajstić information content (AvgIpc) is 2.75. The van der Waals surface area contributed by atoms with E-state index in [0.717, 1.165) is 31.7 Å². The van der Waals surface area contributed by atoms with Crippen LogP contribution < -0.4 is 10.1 Å². The van der Waals surface area contributed by atoms with Crippen molar-refractivity contribution in [2.75, 3.05) is 27.2 Å². The Labute approximate surface area is 109 Å². The van der Waals surface area contributed by atoms with Crippen molar-refractivity contribution in [2.45, 2.75) is 31.4 Å². The molecule has 2 heterocycles. The number of fused-ring (bicyclic) bond motifs is 1. The van der Waals surface area contributed by atoms with E-state index in [-0.39, 0.29) is 5.60 Å². The van der Waals surface area contributed by atoms with Gasteiger partial charge in [-0.15, -0.1) is 0 Å². The Kier molecular flexibility index (Phi) is 2.83. The van der Waals surface area contributed by atoms with Gasteiger partial charge in [0.2, 0.25) is 0 Å². The van der Waals surface area contributed by atoms with Crippen LogP contribution in [0.15, 0.2) is 18.2 Å². The van der Waals surface area contributed by atoms with Crippen molar-refractivity contribution in [3.8, 4) is 5.75 Å². The SMILES string of the molecule is Cc1ccc2c(c1)OC1(CCNC1)CC2N(C)C. The van der Waals surface area contributed by atoms with Crippen LogP contribution in [0.25, 0.3) is 0 Å². The minimum Gasteiger partial charge on any atom is -0.485 e. The molecule has 1 spiro atoms. The Hall–Kier alpha value is -1.06. The highest BCUT2D eigenvalue weighted by Gasteiger charge is 2.43. The van der Waals surface area contributed by atoms with E-state index in [1.807, 2.05) is 0 Å². The second kappa shape index (κ2) is 4.25. The van der Waals surface area contributed by atoms with E-state index in [1.54, 1.807) is 0 Å². The van der Waals surface area contributed by atoms with Crippen molar-refractivity contribution in [2.24, 2.45) is 0 Å². The maximum absolute atomic E-state index is 6.35. The molecule has 1 fully saturated rings. The third kappa shape index (κ3) is 1.91. The van der Waals surface area contributed by atoms with Crippen LogP contribution in [0, 0.1) is 6.92 Å². The van der Waals surface area contributed by atoms with Gasteiger partial charge in [0.05, 0.1) is 0 Å². The smallest absolute Gasteiger partial charge is 0.125 e. The van der Waals surface area contributed by atoms with E-state index < -0.39 is 0 Å². The van der Waals surface area contributed by atoms with Crippen LogP contribution in [0.3, 0.4) is 0 Å². The van der Waals surface area contributed by atoms with Crippen LogP contribution >= 0.6 is 0 Å². The molecule has 2 atom stereocenters. The molecule has 0 amide bonds. The summed E-state index contributed by atoms with van der Waals surface area (Å²) in [4.78, 5) is 2.32. The van der Waals surface area contributed by atoms with Crippen molar-refractivity contribution in [3.05, 3.63) is 29.3 Å². The fourth-order valence-electron chi connectivity index (χ4n) is 3.19. The molecule has 0 saturated carbocycles. The van der Waals surface area contributed by atoms with Gasteiger partial charge in [-0.2, -0.15) is 0 Å². The molecule has 2 aliphatic heterocycles. The first-order chi connectivity index (χ1) is 8.60. The molecule has 98 valence electrons. The van der Waals surface area contributed by atoms with Crippen LogP contribution in [0.1, 0.15) is 30.0 Å². The topological polar surface area (TPSA) is 24.5 Å². The zero-order chi connectivity index (χ0) is 12.8. The molecule has 18 heavy (non-hydrogen) atoms. The number of aryl methyl sites for hydroxylation is 1. The van der Waals surface area contributed by atoms with Gasteiger partial charge in [0, 0.05) is 31.0 Å². The van der Waals surface area contributed by atoms with Crippen LogP contribution in [0.4, 0.5) is 0 Å². The molecule has 3 rings (SSSR count). The molecule has 1 N–H and O–H groups in total. The molecule has 2 aliphatic rings. The number of ether oxygens (including phenoxy) is 1. The Balaban J connectivity index is 2.02. The van der Waals surface area contributed by atoms with Crippen molar-refractivity contribution in [3.63, 3.8) is 0 Å². The Morgan fingerprint density at radius 3 is 2.89 bits per heavy atom. The highest BCUT2D eigenvalue weighted by molar-refractivity contribution is 5.42. The Morgan fingerprint density at radius 2 is 2.22 bits per heavy atom. The molecule has 1 saturated heterocycles. The number of rotatable bonds is 1. The van der Waals surface area contributed by atoms with Gasteiger partial charge >= 0.3 is 0 Å². The van der Waals surface area contributed by atoms with E-state index >= 15 is 0 Å². The molecular formula is C15H22N2O. The second-order valence-corrected chi connectivity index (χ2v) is 5.94. The van der Waals surface area contributed by atoms with Crippen LogP contribution in [0.2, 0.25) is 0 Å². The van der Waals surface area contributed by atoms with E-state index in [1.165, 1.54) is 11.1 Å². The lowest BCUT2D eigenvalue weighted by molar-refractivity contribution is 0.0288. The molecule has 2 unspecified atom stereocenters. The molecule has 3 nitrogen and oxygen atoms in total. The van der Waals surface area contributed by atoms with E-state index in [0.29, 0.717) is 6.04 Å². The molecule has 0 bridgehead atoms. The molecule has 0 aliphatic carbocycles. The van der Waals surface area contributed by atoms with Crippen LogP contribution in [0.5, 0.6) is 5.75 Å². The zero-order valence-corrected chi connectivity index (χ0v) is 11.5. The third-order valence-electron chi connectivity index (χ3n) is 4.25. The predicted octanol–water partition coefficient (Wildman–Crippen LogP) is 2.11. The molecule has 0 aromatic heterocycles. The average molecular weight is 246 g/mol. The lowest BCUT2D eigenvalue weighted by atomic mass is 9.85. The summed E-state index contributed by atoms with van der Waals surface area (Å²) in [6, 6.07) is 7.06. The minimum absolute atomic E-state index is 0.00965. The largest absolute Gasteiger partial charge is 0.485 e. The van der Waals surface area contributed by atoms with Crippen LogP contribution in [-0.2, 0) is 0 Å². The molecule has 1 aromatic carbocycles. The fourth-order valence-corrected chi connectivity index (χ4v) is 3.19. The van der Waals surface area contributed by atoms with Gasteiger partial charge in [-0.3, -0.25) is 0 Å². The first-order valence-electron chi connectivity index (χ1n) is 6.76. The highest BCUT2D eigenvalue weighted by Crippen LogP contribution is 2.44. The highest BCUT2D eigenvalue weighted by atomic mass is 16.5. The van der Waals surface area contributed by atoms with Gasteiger partial charge in [0.1, 0.15) is 11.4 Å². The van der Waals surface area contributed by atoms with Crippen molar-refractivity contribution in [1.29, 1.82) is 0 Å². The molecule has 0 radical (unpaired) electrons. The third-order valence-corrected chi connectivity index (χ3v) is 4.25. The number of hydrogen-bond acceptors (Lipinski definition) is 3. The number of nitrogens with one attached hydrogen (secondary N) is 1. The summed E-state index contributed by atoms with van der Waals surface area (Å²) in [5, 5.41) is 3.44. The van der Waals surface area contributed by atoms with Crippen molar-refractivity contribution < 1.29 is 4.74 Å². The van der Waals surface area contributed by atoms with Crippen molar-refractivity contribution >= 4 is 0 Å². The first kappa shape index (κ1) is 12.0. The molecule has 3 heteroatoms. The quantitative estimate of drug-likeness (QED) is 0.821. The van der Waals surface area contributed by atoms with Crippen molar-refractivity contribution in [1.82, 2.24) is 10.2 Å². The summed E-state index contributed by atoms with van der Waals surface area (Å²) in [5.41, 5.74) is 2.62. The van der Waals surface area contributed by atoms with Crippen LogP contribution in [-0.4, -0.2) is 37.7 Å². The summed E-state index contributed by atoms with van der Waals surface area (Å²) < 4.78 is 6.35. The lowest BCUT2D eigenvalue weighted by Gasteiger charge is -2.42. The maximum Gasteiger partial charge on any atom is 0.125 e. The van der Waals surface area contributed by atoms with E-state index in [4.69, 9.17) is 4.74 Å². The van der Waals surface area contributed by atoms with Gasteiger partial charge in [-0.1, -0.05) is 12.1 Å². The lowest BCUT2D eigenvalue weighted by Crippen LogP contribution is -2.45. The van der Waals surface area contributed by atoms with Gasteiger partial charge in [-0.05, 0) is 39.2 Å². The van der Waals surface area contributed by atoms with Gasteiger partial charge in [0.25, 0.3) is 0 Å². The fraction of sp³-hybridized carbons (Fsp3) is 0.600. The zero-order valence-electron chi connectivity index (χ0n) is 11.5. The number of benzene rings is 1. The summed E-state index contributed by atoms with van der Waals surface area (Å²) in [7, 11) is 4.32. The summed E-state index contributed by atoms with van der Waals surface area (Å²) in [6.07, 6.45) is 2.20. The summed E-state index contributed by atoms with van der Waals surface area (Å²) in [6.45, 7) is 4.18. The summed E-state index contributed by atoms with van der Waals surface area (Å²) >= 11 is 0. The molecular weight excluding hydrogens is 224 g/mol. The number of nitrogens with zero attached hydrogens (tertiary/aromatic N) is 1. The van der Waals surface area contributed by atoms with Gasteiger partial charge < -0.3 is 15.0 Å². The Bertz CT molecular complexity index is 450. The monoisotopic (exact) mass is 246 g/mol. The first-order valence-corrected chi connectivity index (χ1v) is 6.76. The maximum atomic E-state index is 6.35. The van der Waals surface area contributed by atoms with Gasteiger partial charge in [-0.25, -0.2) is 0 Å². The second-order valence-electron chi connectivity index (χ2n) is 5.94. The normalized spacial score (nSPS) is 30.6. The predicted molar refractivity (Wildman–Crippen MR) is 73.1 cm³/mol. The Morgan fingerprint density at radius 1 is 1.39 bits per heavy atom. The minimum atomic E-state index is 0.00965. The van der Waals surface area contributed by atoms with Gasteiger partial charge in [0.15, 0.2) is 0 Å². The van der Waals surface area contributed by atoms with E-state index in [2.05, 4.69) is 49.4 Å². The number of hydrogen-bond donors (Lipinski definition) is 1.